The molecule has 0 aliphatic carbocycles. The molecule has 0 bridgehead atoms. The Kier molecular flexibility index (Phi) is 5.24. The molecule has 1 unspecified atom stereocenters. The lowest BCUT2D eigenvalue weighted by molar-refractivity contribution is 0.0999. The molecule has 0 saturated carbocycles. The predicted octanol–water partition coefficient (Wildman–Crippen LogP) is 4.70. The molecule has 124 valence electrons. The number of nitrogens with two attached hydrogens (primary N) is 1. The zero-order valence-electron chi connectivity index (χ0n) is 14.3. The minimum atomic E-state index is -0.430. The fourth-order valence-corrected chi connectivity index (χ4v) is 2.99. The lowest BCUT2D eigenvalue weighted by Crippen LogP contribution is -2.14. The Morgan fingerprint density at radius 3 is 2.30 bits per heavy atom. The fraction of sp³-hybridized carbons (Fsp3) is 0.421. The van der Waals surface area contributed by atoms with Gasteiger partial charge in [-0.25, -0.2) is 4.39 Å². The van der Waals surface area contributed by atoms with E-state index >= 15 is 0 Å². The number of carbonyl (C=O) groups is 1. The van der Waals surface area contributed by atoms with Crippen LogP contribution in [0.1, 0.15) is 55.7 Å². The lowest BCUT2D eigenvalue weighted by atomic mass is 10.0. The van der Waals surface area contributed by atoms with Gasteiger partial charge in [0.1, 0.15) is 5.82 Å². The van der Waals surface area contributed by atoms with Crippen molar-refractivity contribution in [1.82, 2.24) is 4.57 Å². The maximum atomic E-state index is 13.2. The number of carbonyl (C=O) groups excluding carboxylic acids is 1. The van der Waals surface area contributed by atoms with Crippen LogP contribution in [0.15, 0.2) is 30.3 Å². The molecule has 1 aromatic heterocycles. The average Bonchev–Trinajstić information content (AvgIpc) is 2.83. The third kappa shape index (κ3) is 3.81. The number of amides is 1. The summed E-state index contributed by atoms with van der Waals surface area (Å²) < 4.78 is 15.4. The molecule has 0 aliphatic heterocycles. The van der Waals surface area contributed by atoms with Crippen LogP contribution in [0.3, 0.4) is 0 Å². The summed E-state index contributed by atoms with van der Waals surface area (Å²) in [7, 11) is 0. The Morgan fingerprint density at radius 2 is 1.78 bits per heavy atom. The monoisotopic (exact) mass is 316 g/mol. The third-order valence-corrected chi connectivity index (χ3v) is 4.30. The van der Waals surface area contributed by atoms with Crippen LogP contribution in [0.4, 0.5) is 4.39 Å². The third-order valence-electron chi connectivity index (χ3n) is 4.30. The van der Waals surface area contributed by atoms with E-state index in [1.54, 1.807) is 12.1 Å². The quantitative estimate of drug-likeness (QED) is 0.825. The molecular formula is C19H25FN2O. The van der Waals surface area contributed by atoms with Gasteiger partial charge in [0, 0.05) is 17.4 Å². The van der Waals surface area contributed by atoms with Crippen LogP contribution >= 0.6 is 0 Å². The molecule has 0 fully saturated rings. The highest BCUT2D eigenvalue weighted by atomic mass is 19.1. The van der Waals surface area contributed by atoms with Crippen LogP contribution in [0, 0.1) is 18.7 Å². The molecule has 0 radical (unpaired) electrons. The van der Waals surface area contributed by atoms with E-state index in [9.17, 15) is 9.18 Å². The number of primary amides is 1. The molecule has 23 heavy (non-hydrogen) atoms. The molecule has 0 aliphatic rings. The maximum Gasteiger partial charge on any atom is 0.250 e. The first-order valence-corrected chi connectivity index (χ1v) is 8.08. The number of halogens is 1. The molecule has 1 amide bonds. The average molecular weight is 316 g/mol. The van der Waals surface area contributed by atoms with Gasteiger partial charge in [-0.1, -0.05) is 13.8 Å². The van der Waals surface area contributed by atoms with Crippen molar-refractivity contribution >= 4 is 5.91 Å². The zero-order valence-corrected chi connectivity index (χ0v) is 14.3. The summed E-state index contributed by atoms with van der Waals surface area (Å²) in [6.45, 7) is 8.46. The van der Waals surface area contributed by atoms with Crippen molar-refractivity contribution in [3.63, 3.8) is 0 Å². The summed E-state index contributed by atoms with van der Waals surface area (Å²) >= 11 is 0. The maximum absolute atomic E-state index is 13.2. The standard InChI is InChI=1S/C19H25FN2O/c1-12(2)5-6-13(3)22-14(4)17(19(21)23)11-18(22)15-7-9-16(20)10-8-15/h7-13H,5-6H2,1-4H3,(H2,21,23). The van der Waals surface area contributed by atoms with Crippen LogP contribution in [-0.2, 0) is 0 Å². The highest BCUT2D eigenvalue weighted by molar-refractivity contribution is 5.95. The van der Waals surface area contributed by atoms with E-state index in [1.807, 2.05) is 13.0 Å². The number of aromatic nitrogens is 1. The first kappa shape index (κ1) is 17.3. The first-order chi connectivity index (χ1) is 10.8. The summed E-state index contributed by atoms with van der Waals surface area (Å²) in [4.78, 5) is 11.7. The van der Waals surface area contributed by atoms with E-state index in [4.69, 9.17) is 5.73 Å². The van der Waals surface area contributed by atoms with Gasteiger partial charge in [0.25, 0.3) is 5.91 Å². The Labute approximate surface area is 137 Å². The molecule has 0 spiro atoms. The van der Waals surface area contributed by atoms with Gasteiger partial charge in [-0.15, -0.1) is 0 Å². The Morgan fingerprint density at radius 1 is 1.17 bits per heavy atom. The van der Waals surface area contributed by atoms with E-state index in [1.165, 1.54) is 12.1 Å². The van der Waals surface area contributed by atoms with Gasteiger partial charge < -0.3 is 10.3 Å². The molecule has 2 rings (SSSR count). The van der Waals surface area contributed by atoms with E-state index in [2.05, 4.69) is 25.3 Å². The van der Waals surface area contributed by atoms with E-state index < -0.39 is 5.91 Å². The molecule has 1 atom stereocenters. The van der Waals surface area contributed by atoms with E-state index in [-0.39, 0.29) is 11.9 Å². The zero-order chi connectivity index (χ0) is 17.1. The summed E-state index contributed by atoms with van der Waals surface area (Å²) in [5.74, 6) is -0.0783. The minimum Gasteiger partial charge on any atom is -0.366 e. The summed E-state index contributed by atoms with van der Waals surface area (Å²) in [5, 5.41) is 0. The second-order valence-corrected chi connectivity index (χ2v) is 6.59. The lowest BCUT2D eigenvalue weighted by Gasteiger charge is -2.21. The molecule has 1 aromatic carbocycles. The molecule has 2 aromatic rings. The molecular weight excluding hydrogens is 291 g/mol. The Hall–Kier alpha value is -2.10. The first-order valence-electron chi connectivity index (χ1n) is 8.08. The topological polar surface area (TPSA) is 48.0 Å². The smallest absolute Gasteiger partial charge is 0.250 e. The van der Waals surface area contributed by atoms with Crippen LogP contribution in [-0.4, -0.2) is 10.5 Å². The van der Waals surface area contributed by atoms with Crippen LogP contribution in [0.5, 0.6) is 0 Å². The van der Waals surface area contributed by atoms with Gasteiger partial charge in [0.15, 0.2) is 0 Å². The van der Waals surface area contributed by atoms with Crippen molar-refractivity contribution in [3.8, 4) is 11.3 Å². The van der Waals surface area contributed by atoms with Crippen LogP contribution in [0.25, 0.3) is 11.3 Å². The highest BCUT2D eigenvalue weighted by Crippen LogP contribution is 2.31. The Bertz CT molecular complexity index is 686. The SMILES string of the molecule is Cc1c(C(N)=O)cc(-c2ccc(F)cc2)n1C(C)CCC(C)C. The van der Waals surface area contributed by atoms with Gasteiger partial charge in [-0.05, 0) is 68.5 Å². The number of benzene rings is 1. The van der Waals surface area contributed by atoms with Crippen molar-refractivity contribution in [2.75, 3.05) is 0 Å². The van der Waals surface area contributed by atoms with Gasteiger partial charge in [-0.3, -0.25) is 4.79 Å². The van der Waals surface area contributed by atoms with E-state index in [0.717, 1.165) is 29.8 Å². The number of rotatable bonds is 6. The number of hydrogen-bond acceptors (Lipinski definition) is 1. The predicted molar refractivity (Wildman–Crippen MR) is 91.9 cm³/mol. The van der Waals surface area contributed by atoms with Crippen molar-refractivity contribution in [1.29, 1.82) is 0 Å². The molecule has 3 nitrogen and oxygen atoms in total. The number of hydrogen-bond donors (Lipinski definition) is 1. The summed E-state index contributed by atoms with van der Waals surface area (Å²) in [6, 6.07) is 8.40. The molecule has 2 N–H and O–H groups in total. The minimum absolute atomic E-state index is 0.241. The van der Waals surface area contributed by atoms with Gasteiger partial charge >= 0.3 is 0 Å². The fourth-order valence-electron chi connectivity index (χ4n) is 2.99. The number of nitrogens with zero attached hydrogens (tertiary/aromatic N) is 1. The van der Waals surface area contributed by atoms with Crippen molar-refractivity contribution in [2.45, 2.75) is 46.6 Å². The second-order valence-electron chi connectivity index (χ2n) is 6.59. The second kappa shape index (κ2) is 6.99. The van der Waals surface area contributed by atoms with Gasteiger partial charge in [0.05, 0.1) is 5.56 Å². The van der Waals surface area contributed by atoms with E-state index in [0.29, 0.717) is 11.5 Å². The van der Waals surface area contributed by atoms with Gasteiger partial charge in [-0.2, -0.15) is 0 Å². The molecule has 1 heterocycles. The normalized spacial score (nSPS) is 12.6. The van der Waals surface area contributed by atoms with Crippen molar-refractivity contribution in [2.24, 2.45) is 11.7 Å². The molecule has 4 heteroatoms. The molecule has 0 saturated heterocycles. The van der Waals surface area contributed by atoms with Gasteiger partial charge in [0.2, 0.25) is 0 Å². The van der Waals surface area contributed by atoms with Crippen LogP contribution in [0.2, 0.25) is 0 Å². The largest absolute Gasteiger partial charge is 0.366 e. The summed E-state index contributed by atoms with van der Waals surface area (Å²) in [6.07, 6.45) is 2.12. The van der Waals surface area contributed by atoms with Crippen molar-refractivity contribution < 1.29 is 9.18 Å². The highest BCUT2D eigenvalue weighted by Gasteiger charge is 2.20. The Balaban J connectivity index is 2.49. The van der Waals surface area contributed by atoms with Crippen LogP contribution < -0.4 is 5.73 Å². The van der Waals surface area contributed by atoms with Crippen molar-refractivity contribution in [3.05, 3.63) is 47.4 Å². The summed E-state index contributed by atoms with van der Waals surface area (Å²) in [5.41, 5.74) is 8.70.